The molecule has 2 aliphatic rings. The molecule has 2 rings (SSSR count). The van der Waals surface area contributed by atoms with Crippen molar-refractivity contribution in [3.63, 3.8) is 0 Å². The molecule has 2 amide bonds. The minimum Gasteiger partial charge on any atom is -0.465 e. The molecule has 2 N–H and O–H groups in total. The SMILES string of the molecule is CC1=C(C)C(=O)C(CCC(C)(O)C(=O)N2CCN(C(=O)O)CC2)=C(C)C1=O. The number of allylic oxidation sites excluding steroid dienone is 4. The maximum Gasteiger partial charge on any atom is 0.407 e. The number of hydrogen-bond acceptors (Lipinski definition) is 5. The van der Waals surface area contributed by atoms with Gasteiger partial charge in [-0.05, 0) is 40.5 Å². The summed E-state index contributed by atoms with van der Waals surface area (Å²) in [5.74, 6) is -0.899. The van der Waals surface area contributed by atoms with Crippen LogP contribution in [-0.2, 0) is 14.4 Å². The summed E-state index contributed by atoms with van der Waals surface area (Å²) in [5.41, 5.74) is -0.170. The van der Waals surface area contributed by atoms with Crippen molar-refractivity contribution in [2.45, 2.75) is 46.1 Å². The Kier molecular flexibility index (Phi) is 5.89. The quantitative estimate of drug-likeness (QED) is 0.709. The van der Waals surface area contributed by atoms with Gasteiger partial charge >= 0.3 is 6.09 Å². The van der Waals surface area contributed by atoms with Gasteiger partial charge in [-0.2, -0.15) is 0 Å². The fourth-order valence-electron chi connectivity index (χ4n) is 3.37. The zero-order chi connectivity index (χ0) is 20.5. The zero-order valence-corrected chi connectivity index (χ0v) is 16.2. The minimum atomic E-state index is -1.70. The van der Waals surface area contributed by atoms with Gasteiger partial charge in [0.25, 0.3) is 5.91 Å². The Morgan fingerprint density at radius 2 is 1.41 bits per heavy atom. The number of ketones is 2. The lowest BCUT2D eigenvalue weighted by atomic mass is 9.82. The van der Waals surface area contributed by atoms with Crippen molar-refractivity contribution in [1.82, 2.24) is 9.80 Å². The summed E-state index contributed by atoms with van der Waals surface area (Å²) in [6, 6.07) is 0. The molecule has 0 bridgehead atoms. The van der Waals surface area contributed by atoms with E-state index in [0.29, 0.717) is 22.3 Å². The topological polar surface area (TPSA) is 115 Å². The molecule has 1 saturated heterocycles. The number of amides is 2. The van der Waals surface area contributed by atoms with Crippen LogP contribution >= 0.6 is 0 Å². The van der Waals surface area contributed by atoms with Crippen molar-refractivity contribution in [1.29, 1.82) is 0 Å². The molecule has 0 radical (unpaired) electrons. The van der Waals surface area contributed by atoms with Crippen molar-refractivity contribution in [3.8, 4) is 0 Å². The number of aliphatic hydroxyl groups is 1. The van der Waals surface area contributed by atoms with Gasteiger partial charge in [-0.1, -0.05) is 0 Å². The molecule has 0 aromatic carbocycles. The van der Waals surface area contributed by atoms with Crippen molar-refractivity contribution < 1.29 is 29.4 Å². The molecule has 0 spiro atoms. The van der Waals surface area contributed by atoms with Gasteiger partial charge in [-0.25, -0.2) is 4.79 Å². The monoisotopic (exact) mass is 378 g/mol. The van der Waals surface area contributed by atoms with Crippen LogP contribution in [-0.4, -0.2) is 75.4 Å². The van der Waals surface area contributed by atoms with Crippen LogP contribution in [0.3, 0.4) is 0 Å². The zero-order valence-electron chi connectivity index (χ0n) is 16.2. The maximum absolute atomic E-state index is 12.6. The third-order valence-electron chi connectivity index (χ3n) is 5.47. The highest BCUT2D eigenvalue weighted by Crippen LogP contribution is 2.29. The molecule has 1 fully saturated rings. The summed E-state index contributed by atoms with van der Waals surface area (Å²) in [4.78, 5) is 50.9. The number of hydrogen-bond donors (Lipinski definition) is 2. The minimum absolute atomic E-state index is 0.00298. The Morgan fingerprint density at radius 3 is 1.93 bits per heavy atom. The van der Waals surface area contributed by atoms with Crippen molar-refractivity contribution in [2.75, 3.05) is 26.2 Å². The lowest BCUT2D eigenvalue weighted by Gasteiger charge is -2.37. The van der Waals surface area contributed by atoms with E-state index in [-0.39, 0.29) is 50.6 Å². The molecule has 8 nitrogen and oxygen atoms in total. The average molecular weight is 378 g/mol. The predicted octanol–water partition coefficient (Wildman–Crippen LogP) is 1.14. The molecular weight excluding hydrogens is 352 g/mol. The van der Waals surface area contributed by atoms with Crippen LogP contribution in [0.4, 0.5) is 4.79 Å². The number of nitrogens with zero attached hydrogens (tertiary/aromatic N) is 2. The summed E-state index contributed by atoms with van der Waals surface area (Å²) in [6.07, 6.45) is -0.909. The van der Waals surface area contributed by atoms with E-state index in [1.165, 1.54) is 16.7 Å². The number of piperazine rings is 1. The fourth-order valence-corrected chi connectivity index (χ4v) is 3.37. The third-order valence-corrected chi connectivity index (χ3v) is 5.47. The van der Waals surface area contributed by atoms with Gasteiger partial charge in [0.1, 0.15) is 5.60 Å². The Labute approximate surface area is 158 Å². The number of Topliss-reactive ketones (excluding diaryl/α,β-unsaturated/α-hetero) is 2. The van der Waals surface area contributed by atoms with Crippen LogP contribution in [0, 0.1) is 0 Å². The van der Waals surface area contributed by atoms with E-state index in [0.717, 1.165) is 0 Å². The molecular formula is C19H26N2O6. The first-order chi connectivity index (χ1) is 12.5. The highest BCUT2D eigenvalue weighted by molar-refractivity contribution is 6.24. The standard InChI is InChI=1S/C19H26N2O6/c1-11-12(2)16(23)14(13(3)15(11)22)5-6-19(4,27)17(24)20-7-9-21(10-8-20)18(25)26/h27H,5-10H2,1-4H3,(H,25,26). The van der Waals surface area contributed by atoms with E-state index in [1.54, 1.807) is 20.8 Å². The Hall–Kier alpha value is -2.48. The number of carboxylic acid groups (broad SMARTS) is 1. The Balaban J connectivity index is 2.04. The Bertz CT molecular complexity index is 754. The lowest BCUT2D eigenvalue weighted by Crippen LogP contribution is -2.55. The van der Waals surface area contributed by atoms with Gasteiger partial charge in [-0.3, -0.25) is 14.4 Å². The van der Waals surface area contributed by atoms with Gasteiger partial charge < -0.3 is 20.0 Å². The first kappa shape index (κ1) is 20.8. The van der Waals surface area contributed by atoms with Gasteiger partial charge in [0.15, 0.2) is 11.6 Å². The van der Waals surface area contributed by atoms with E-state index in [2.05, 4.69) is 0 Å². The lowest BCUT2D eigenvalue weighted by molar-refractivity contribution is -0.151. The van der Waals surface area contributed by atoms with Crippen molar-refractivity contribution in [3.05, 3.63) is 22.3 Å². The summed E-state index contributed by atoms with van der Waals surface area (Å²) >= 11 is 0. The first-order valence-corrected chi connectivity index (χ1v) is 8.93. The molecule has 0 aromatic heterocycles. The first-order valence-electron chi connectivity index (χ1n) is 8.93. The van der Waals surface area contributed by atoms with E-state index >= 15 is 0 Å². The molecule has 0 saturated carbocycles. The summed E-state index contributed by atoms with van der Waals surface area (Å²) in [5, 5.41) is 19.6. The summed E-state index contributed by atoms with van der Waals surface area (Å²) in [6.45, 7) is 7.00. The largest absolute Gasteiger partial charge is 0.465 e. The Morgan fingerprint density at radius 1 is 0.926 bits per heavy atom. The maximum atomic E-state index is 12.6. The van der Waals surface area contributed by atoms with E-state index in [1.807, 2.05) is 0 Å². The number of rotatable bonds is 4. The van der Waals surface area contributed by atoms with Crippen LogP contribution in [0.25, 0.3) is 0 Å². The molecule has 1 aliphatic heterocycles. The highest BCUT2D eigenvalue weighted by atomic mass is 16.4. The number of carbonyl (C=O) groups excluding carboxylic acids is 3. The highest BCUT2D eigenvalue weighted by Gasteiger charge is 2.37. The number of carbonyl (C=O) groups is 4. The second-order valence-corrected chi connectivity index (χ2v) is 7.35. The van der Waals surface area contributed by atoms with E-state index < -0.39 is 17.6 Å². The summed E-state index contributed by atoms with van der Waals surface area (Å²) in [7, 11) is 0. The van der Waals surface area contributed by atoms with Crippen molar-refractivity contribution in [2.24, 2.45) is 0 Å². The van der Waals surface area contributed by atoms with Gasteiger partial charge in [0, 0.05) is 48.5 Å². The van der Waals surface area contributed by atoms with Crippen LogP contribution in [0.5, 0.6) is 0 Å². The van der Waals surface area contributed by atoms with Crippen LogP contribution in [0.15, 0.2) is 22.3 Å². The molecule has 148 valence electrons. The molecule has 0 aromatic rings. The molecule has 8 heteroatoms. The predicted molar refractivity (Wildman–Crippen MR) is 97.1 cm³/mol. The van der Waals surface area contributed by atoms with Crippen LogP contribution in [0.1, 0.15) is 40.5 Å². The van der Waals surface area contributed by atoms with Gasteiger partial charge in [0.05, 0.1) is 0 Å². The molecule has 27 heavy (non-hydrogen) atoms. The van der Waals surface area contributed by atoms with Crippen molar-refractivity contribution >= 4 is 23.6 Å². The normalized spacial score (nSPS) is 20.9. The van der Waals surface area contributed by atoms with E-state index in [4.69, 9.17) is 5.11 Å². The smallest absolute Gasteiger partial charge is 0.407 e. The van der Waals surface area contributed by atoms with Crippen LogP contribution in [0.2, 0.25) is 0 Å². The molecule has 1 heterocycles. The third kappa shape index (κ3) is 4.10. The van der Waals surface area contributed by atoms with Gasteiger partial charge in [-0.15, -0.1) is 0 Å². The van der Waals surface area contributed by atoms with E-state index in [9.17, 15) is 24.3 Å². The average Bonchev–Trinajstić information content (AvgIpc) is 2.64. The van der Waals surface area contributed by atoms with Gasteiger partial charge in [0.2, 0.25) is 0 Å². The fraction of sp³-hybridized carbons (Fsp3) is 0.579. The second kappa shape index (κ2) is 7.64. The molecule has 1 atom stereocenters. The molecule has 1 unspecified atom stereocenters. The summed E-state index contributed by atoms with van der Waals surface area (Å²) < 4.78 is 0. The molecule has 1 aliphatic carbocycles. The van der Waals surface area contributed by atoms with Crippen LogP contribution < -0.4 is 0 Å². The second-order valence-electron chi connectivity index (χ2n) is 7.35.